The Balaban J connectivity index is 4.59. The quantitative estimate of drug-likeness (QED) is 0.0283. The van der Waals surface area contributed by atoms with Crippen molar-refractivity contribution in [3.05, 3.63) is 48.6 Å². The van der Waals surface area contributed by atoms with Gasteiger partial charge in [0.05, 0.1) is 39.9 Å². The topological polar surface area (TPSA) is 108 Å². The maximum absolute atomic E-state index is 12.8. The van der Waals surface area contributed by atoms with Crippen LogP contribution in [0.15, 0.2) is 48.6 Å². The highest BCUT2D eigenvalue weighted by atomic mass is 31.2. The van der Waals surface area contributed by atoms with Gasteiger partial charge in [0.25, 0.3) is 7.82 Å². The van der Waals surface area contributed by atoms with Gasteiger partial charge in [0.15, 0.2) is 0 Å². The maximum Gasteiger partial charge on any atom is 0.268 e. The highest BCUT2D eigenvalue weighted by Gasteiger charge is 2.23. The number of unbranched alkanes of at least 4 members (excludes halogenated alkanes) is 18. The molecule has 0 aromatic carbocycles. The minimum atomic E-state index is -4.60. The van der Waals surface area contributed by atoms with Gasteiger partial charge in [-0.1, -0.05) is 140 Å². The zero-order chi connectivity index (χ0) is 38.6. The summed E-state index contributed by atoms with van der Waals surface area (Å²) in [6.45, 7) is 4.57. The summed E-state index contributed by atoms with van der Waals surface area (Å²) >= 11 is 0. The summed E-state index contributed by atoms with van der Waals surface area (Å²) < 4.78 is 23.1. The van der Waals surface area contributed by atoms with E-state index in [1.165, 1.54) is 89.9 Å². The molecule has 0 bridgehead atoms. The molecule has 9 heteroatoms. The van der Waals surface area contributed by atoms with E-state index >= 15 is 0 Å². The van der Waals surface area contributed by atoms with Crippen LogP contribution in [-0.2, 0) is 18.4 Å². The number of nitrogens with zero attached hydrogens (tertiary/aromatic N) is 1. The Bertz CT molecular complexity index is 991. The van der Waals surface area contributed by atoms with Crippen molar-refractivity contribution in [3.8, 4) is 0 Å². The lowest BCUT2D eigenvalue weighted by atomic mass is 10.1. The Morgan fingerprint density at radius 3 is 1.56 bits per heavy atom. The van der Waals surface area contributed by atoms with Gasteiger partial charge in [-0.05, 0) is 70.6 Å². The molecule has 8 nitrogen and oxygen atoms in total. The van der Waals surface area contributed by atoms with E-state index < -0.39 is 26.6 Å². The number of carbonyl (C=O) groups is 1. The van der Waals surface area contributed by atoms with Gasteiger partial charge in [-0.15, -0.1) is 0 Å². The Hall–Kier alpha value is -1.54. The number of phosphoric ester groups is 1. The molecular formula is C43H81N2O6P. The molecule has 0 radical (unpaired) electrons. The molecule has 52 heavy (non-hydrogen) atoms. The molecule has 0 heterocycles. The lowest BCUT2D eigenvalue weighted by molar-refractivity contribution is -0.870. The van der Waals surface area contributed by atoms with Gasteiger partial charge in [-0.3, -0.25) is 9.36 Å². The number of nitrogens with one attached hydrogen (secondary N) is 1. The van der Waals surface area contributed by atoms with E-state index in [9.17, 15) is 19.4 Å². The molecule has 0 aliphatic rings. The molecule has 3 unspecified atom stereocenters. The molecule has 2 N–H and O–H groups in total. The highest BCUT2D eigenvalue weighted by molar-refractivity contribution is 7.45. The number of aliphatic hydroxyl groups excluding tert-OH is 1. The van der Waals surface area contributed by atoms with Crippen molar-refractivity contribution in [2.75, 3.05) is 40.9 Å². The number of amides is 1. The first-order valence-electron chi connectivity index (χ1n) is 21.0. The molecule has 3 atom stereocenters. The number of carbonyl (C=O) groups excluding carboxylic acids is 1. The van der Waals surface area contributed by atoms with Gasteiger partial charge in [0.1, 0.15) is 13.2 Å². The summed E-state index contributed by atoms with van der Waals surface area (Å²) in [5.74, 6) is -0.231. The van der Waals surface area contributed by atoms with E-state index in [0.717, 1.165) is 57.8 Å². The molecule has 0 fully saturated rings. The van der Waals surface area contributed by atoms with Crippen LogP contribution >= 0.6 is 7.82 Å². The molecule has 1 amide bonds. The smallest absolute Gasteiger partial charge is 0.268 e. The SMILES string of the molecule is CCCCCCCC/C=C\CCCCCC(=O)NC(COP(=O)([O-])OCC[N+](C)(C)C)C(O)/C=C/CC/C=C/CC/C=C/CCCCCCCCC. The summed E-state index contributed by atoms with van der Waals surface area (Å²) in [7, 11) is 1.22. The summed E-state index contributed by atoms with van der Waals surface area (Å²) in [6.07, 6.45) is 43.0. The fraction of sp³-hybridized carbons (Fsp3) is 0.791. The third-order valence-corrected chi connectivity index (χ3v) is 9.95. The van der Waals surface area contributed by atoms with Crippen molar-refractivity contribution < 1.29 is 32.9 Å². The Morgan fingerprint density at radius 1 is 0.654 bits per heavy atom. The lowest BCUT2D eigenvalue weighted by Gasteiger charge is -2.29. The monoisotopic (exact) mass is 753 g/mol. The Labute approximate surface area is 320 Å². The third kappa shape index (κ3) is 36.8. The van der Waals surface area contributed by atoms with Crippen LogP contribution < -0.4 is 10.2 Å². The second kappa shape index (κ2) is 35.2. The van der Waals surface area contributed by atoms with E-state index in [0.29, 0.717) is 17.4 Å². The molecule has 0 aromatic rings. The normalized spacial score (nSPS) is 15.0. The van der Waals surface area contributed by atoms with Crippen molar-refractivity contribution in [2.45, 2.75) is 180 Å². The number of hydrogen-bond donors (Lipinski definition) is 2. The summed E-state index contributed by atoms with van der Waals surface area (Å²) in [5, 5.41) is 13.7. The summed E-state index contributed by atoms with van der Waals surface area (Å²) in [4.78, 5) is 25.2. The number of quaternary nitrogens is 1. The molecule has 0 saturated carbocycles. The molecule has 0 aromatic heterocycles. The van der Waals surface area contributed by atoms with Gasteiger partial charge in [0, 0.05) is 6.42 Å². The second-order valence-corrected chi connectivity index (χ2v) is 16.7. The first-order chi connectivity index (χ1) is 25.0. The zero-order valence-electron chi connectivity index (χ0n) is 34.2. The fourth-order valence-corrected chi connectivity index (χ4v) is 6.31. The predicted molar refractivity (Wildman–Crippen MR) is 219 cm³/mol. The van der Waals surface area contributed by atoms with Gasteiger partial charge >= 0.3 is 0 Å². The van der Waals surface area contributed by atoms with Crippen molar-refractivity contribution in [3.63, 3.8) is 0 Å². The molecule has 0 aliphatic heterocycles. The Morgan fingerprint density at radius 2 is 1.08 bits per heavy atom. The number of likely N-dealkylation sites (N-methyl/N-ethyl adjacent to an activating group) is 1. The molecule has 0 saturated heterocycles. The second-order valence-electron chi connectivity index (χ2n) is 15.3. The lowest BCUT2D eigenvalue weighted by Crippen LogP contribution is -2.45. The van der Waals surface area contributed by atoms with Gasteiger partial charge in [0.2, 0.25) is 5.91 Å². The first kappa shape index (κ1) is 50.5. The minimum Gasteiger partial charge on any atom is -0.756 e. The molecule has 0 rings (SSSR count). The van der Waals surface area contributed by atoms with Gasteiger partial charge in [-0.2, -0.15) is 0 Å². The summed E-state index contributed by atoms with van der Waals surface area (Å²) in [5.41, 5.74) is 0. The average molecular weight is 753 g/mol. The van der Waals surface area contributed by atoms with Crippen molar-refractivity contribution in [2.24, 2.45) is 0 Å². The molecular weight excluding hydrogens is 671 g/mol. The van der Waals surface area contributed by atoms with E-state index in [1.807, 2.05) is 27.2 Å². The maximum atomic E-state index is 12.8. The average Bonchev–Trinajstić information content (AvgIpc) is 3.09. The van der Waals surface area contributed by atoms with Crippen LogP contribution in [0.2, 0.25) is 0 Å². The van der Waals surface area contributed by atoms with Crippen LogP contribution in [0.1, 0.15) is 168 Å². The number of phosphoric acid groups is 1. The molecule has 0 spiro atoms. The highest BCUT2D eigenvalue weighted by Crippen LogP contribution is 2.38. The van der Waals surface area contributed by atoms with E-state index in [1.54, 1.807) is 6.08 Å². The van der Waals surface area contributed by atoms with Crippen LogP contribution in [0, 0.1) is 0 Å². The predicted octanol–water partition coefficient (Wildman–Crippen LogP) is 10.7. The number of aliphatic hydroxyl groups is 1. The van der Waals surface area contributed by atoms with Crippen LogP contribution in [0.4, 0.5) is 0 Å². The van der Waals surface area contributed by atoms with Crippen molar-refractivity contribution in [1.82, 2.24) is 5.32 Å². The first-order valence-corrected chi connectivity index (χ1v) is 22.5. The number of rotatable bonds is 37. The minimum absolute atomic E-state index is 0.0128. The third-order valence-electron chi connectivity index (χ3n) is 8.99. The van der Waals surface area contributed by atoms with Crippen LogP contribution in [0.25, 0.3) is 0 Å². The van der Waals surface area contributed by atoms with Crippen LogP contribution in [0.5, 0.6) is 0 Å². The Kier molecular flexibility index (Phi) is 34.1. The van der Waals surface area contributed by atoms with Gasteiger partial charge in [-0.25, -0.2) is 0 Å². The molecule has 304 valence electrons. The fourth-order valence-electron chi connectivity index (χ4n) is 5.59. The van der Waals surface area contributed by atoms with Crippen LogP contribution in [0.3, 0.4) is 0 Å². The van der Waals surface area contributed by atoms with E-state index in [-0.39, 0.29) is 12.5 Å². The van der Waals surface area contributed by atoms with E-state index in [4.69, 9.17) is 9.05 Å². The number of hydrogen-bond acceptors (Lipinski definition) is 6. The van der Waals surface area contributed by atoms with Gasteiger partial charge < -0.3 is 28.8 Å². The molecule has 0 aliphatic carbocycles. The van der Waals surface area contributed by atoms with Crippen LogP contribution in [-0.4, -0.2) is 68.5 Å². The van der Waals surface area contributed by atoms with E-state index in [2.05, 4.69) is 55.6 Å². The standard InChI is InChI=1S/C43H81N2O6P/c1-6-8-10-12-14-16-18-20-21-22-23-25-26-28-30-32-34-36-42(46)41(40-51-52(48,49)50-39-38-45(3,4)5)44-43(47)37-35-33-31-29-27-24-19-17-15-13-11-9-7-2/h21-22,24,26-28,34,36,41-42,46H,6-20,23,25,29-33,35,37-40H2,1-5H3,(H-,44,47,48,49)/b22-21+,27-24-,28-26+,36-34+. The zero-order valence-corrected chi connectivity index (χ0v) is 35.1. The summed E-state index contributed by atoms with van der Waals surface area (Å²) in [6, 6.07) is -0.915. The van der Waals surface area contributed by atoms with Crippen molar-refractivity contribution in [1.29, 1.82) is 0 Å². The van der Waals surface area contributed by atoms with Crippen molar-refractivity contribution >= 4 is 13.7 Å². The largest absolute Gasteiger partial charge is 0.756 e. The number of allylic oxidation sites excluding steroid dienone is 7.